The van der Waals surface area contributed by atoms with E-state index in [0.717, 1.165) is 33.1 Å². The molecule has 0 heterocycles. The number of unbranched alkanes of at least 4 members (excludes halogenated alkanes) is 9. The second-order valence-electron chi connectivity index (χ2n) is 6.95. The van der Waals surface area contributed by atoms with Gasteiger partial charge in [-0.15, -0.1) is 0 Å². The Bertz CT molecular complexity index is 347. The Morgan fingerprint density at radius 1 is 0.750 bits per heavy atom. The monoisotopic (exact) mass is 344 g/mol. The highest BCUT2D eigenvalue weighted by Crippen LogP contribution is 2.25. The highest BCUT2D eigenvalue weighted by Gasteiger charge is 2.46. The summed E-state index contributed by atoms with van der Waals surface area (Å²) in [6, 6.07) is 0. The molecule has 0 amide bonds. The zero-order valence-corrected chi connectivity index (χ0v) is 15.6. The second-order valence-corrected chi connectivity index (χ2v) is 6.95. The lowest BCUT2D eigenvalue weighted by atomic mass is 9.81. The smallest absolute Gasteiger partial charge is 0.161 e. The Kier molecular flexibility index (Phi) is 12.2. The van der Waals surface area contributed by atoms with Gasteiger partial charge in [-0.25, -0.2) is 0 Å². The maximum atomic E-state index is 11.4. The van der Waals surface area contributed by atoms with Crippen molar-refractivity contribution < 1.29 is 24.9 Å². The van der Waals surface area contributed by atoms with Crippen molar-refractivity contribution in [2.75, 3.05) is 0 Å². The molecule has 0 aromatic carbocycles. The van der Waals surface area contributed by atoms with Crippen LogP contribution in [0, 0.1) is 0 Å². The lowest BCUT2D eigenvalue weighted by Crippen LogP contribution is -2.57. The van der Waals surface area contributed by atoms with E-state index in [2.05, 4.69) is 6.92 Å². The third-order valence-electron chi connectivity index (χ3n) is 4.65. The van der Waals surface area contributed by atoms with Crippen molar-refractivity contribution in [2.24, 2.45) is 0 Å². The van der Waals surface area contributed by atoms with Crippen LogP contribution in [0.2, 0.25) is 0 Å². The first-order chi connectivity index (χ1) is 11.3. The van der Waals surface area contributed by atoms with Crippen molar-refractivity contribution in [2.45, 2.75) is 109 Å². The lowest BCUT2D eigenvalue weighted by molar-refractivity contribution is -0.172. The van der Waals surface area contributed by atoms with Crippen LogP contribution in [-0.4, -0.2) is 44.7 Å². The Labute approximate surface area is 146 Å². The van der Waals surface area contributed by atoms with Crippen LogP contribution in [0.1, 0.15) is 91.4 Å². The number of aliphatic hydroxyl groups is 3. The van der Waals surface area contributed by atoms with E-state index in [0.29, 0.717) is 6.42 Å². The molecule has 0 aromatic heterocycles. The Morgan fingerprint density at radius 2 is 1.08 bits per heavy atom. The largest absolute Gasteiger partial charge is 0.383 e. The van der Waals surface area contributed by atoms with Gasteiger partial charge in [0.25, 0.3) is 0 Å². The van der Waals surface area contributed by atoms with Gasteiger partial charge in [-0.2, -0.15) is 0 Å². The molecule has 0 spiro atoms. The van der Waals surface area contributed by atoms with Gasteiger partial charge in [0.2, 0.25) is 0 Å². The molecule has 0 fully saturated rings. The number of rotatable bonds is 15. The van der Waals surface area contributed by atoms with Gasteiger partial charge in [0, 0.05) is 0 Å². The molecule has 0 saturated carbocycles. The summed E-state index contributed by atoms with van der Waals surface area (Å²) in [5.74, 6) is -1.30. The summed E-state index contributed by atoms with van der Waals surface area (Å²) in [6.07, 6.45) is 7.65. The minimum atomic E-state index is -2.09. The van der Waals surface area contributed by atoms with Crippen LogP contribution < -0.4 is 0 Å². The third-order valence-corrected chi connectivity index (χ3v) is 4.65. The zero-order chi connectivity index (χ0) is 18.6. The van der Waals surface area contributed by atoms with Gasteiger partial charge in [0.05, 0.1) is 0 Å². The van der Waals surface area contributed by atoms with Crippen LogP contribution in [0.5, 0.6) is 0 Å². The number of aliphatic hydroxyl groups excluding tert-OH is 2. The summed E-state index contributed by atoms with van der Waals surface area (Å²) in [4.78, 5) is 22.7. The minimum Gasteiger partial charge on any atom is -0.383 e. The molecule has 142 valence electrons. The average Bonchev–Trinajstić information content (AvgIpc) is 2.54. The van der Waals surface area contributed by atoms with Gasteiger partial charge in [0.1, 0.15) is 17.8 Å². The molecule has 0 aromatic rings. The van der Waals surface area contributed by atoms with Gasteiger partial charge in [-0.3, -0.25) is 9.59 Å². The Morgan fingerprint density at radius 3 is 1.42 bits per heavy atom. The molecule has 0 aliphatic rings. The van der Waals surface area contributed by atoms with Gasteiger partial charge in [0.15, 0.2) is 11.6 Å². The van der Waals surface area contributed by atoms with Crippen LogP contribution >= 0.6 is 0 Å². The second kappa shape index (κ2) is 12.6. The number of hydrogen-bond acceptors (Lipinski definition) is 5. The van der Waals surface area contributed by atoms with E-state index >= 15 is 0 Å². The quantitative estimate of drug-likeness (QED) is 0.397. The lowest BCUT2D eigenvalue weighted by Gasteiger charge is -2.34. The van der Waals surface area contributed by atoms with E-state index in [1.54, 1.807) is 0 Å². The van der Waals surface area contributed by atoms with Crippen molar-refractivity contribution in [3.8, 4) is 0 Å². The fourth-order valence-electron chi connectivity index (χ4n) is 3.02. The molecule has 0 rings (SSSR count). The minimum absolute atomic E-state index is 0.0327. The summed E-state index contributed by atoms with van der Waals surface area (Å²) in [7, 11) is 0. The van der Waals surface area contributed by atoms with Gasteiger partial charge in [-0.05, 0) is 20.3 Å². The molecule has 0 radical (unpaired) electrons. The highest BCUT2D eigenvalue weighted by atomic mass is 16.4. The Hall–Kier alpha value is -0.780. The SMILES string of the molecule is CCCCCCCCCCCCC(O)(C(O)C(C)=O)C(O)C(C)=O. The molecule has 5 nitrogen and oxygen atoms in total. The number of Topliss-reactive ketones (excluding diaryl/α,β-unsaturated/α-hetero) is 2. The molecule has 0 aliphatic heterocycles. The number of carbonyl (C=O) groups is 2. The van der Waals surface area contributed by atoms with Crippen molar-refractivity contribution in [1.82, 2.24) is 0 Å². The van der Waals surface area contributed by atoms with E-state index in [1.807, 2.05) is 0 Å². The highest BCUT2D eigenvalue weighted by molar-refractivity contribution is 5.86. The molecule has 3 N–H and O–H groups in total. The fraction of sp³-hybridized carbons (Fsp3) is 0.895. The van der Waals surface area contributed by atoms with Gasteiger partial charge < -0.3 is 15.3 Å². The summed E-state index contributed by atoms with van der Waals surface area (Å²) >= 11 is 0. The first-order valence-corrected chi connectivity index (χ1v) is 9.36. The van der Waals surface area contributed by atoms with E-state index in [-0.39, 0.29) is 6.42 Å². The number of ketones is 2. The number of hydrogen-bond donors (Lipinski definition) is 3. The van der Waals surface area contributed by atoms with Gasteiger partial charge in [-0.1, -0.05) is 71.1 Å². The normalized spacial score (nSPS) is 16.4. The van der Waals surface area contributed by atoms with Crippen molar-refractivity contribution in [3.63, 3.8) is 0 Å². The predicted octanol–water partition coefficient (Wildman–Crippen LogP) is 2.93. The van der Waals surface area contributed by atoms with E-state index in [1.165, 1.54) is 38.5 Å². The molecule has 2 unspecified atom stereocenters. The topological polar surface area (TPSA) is 94.8 Å². The van der Waals surface area contributed by atoms with Gasteiger partial charge >= 0.3 is 0 Å². The first-order valence-electron chi connectivity index (χ1n) is 9.36. The number of carbonyl (C=O) groups excluding carboxylic acids is 2. The summed E-state index contributed by atoms with van der Waals surface area (Å²) in [6.45, 7) is 4.48. The summed E-state index contributed by atoms with van der Waals surface area (Å²) in [5, 5.41) is 30.3. The standard InChI is InChI=1S/C19H36O5/c1-4-5-6-7-8-9-10-11-12-13-14-19(24,17(22)15(2)20)18(23)16(3)21/h17-18,22-24H,4-14H2,1-3H3. The van der Waals surface area contributed by atoms with Crippen molar-refractivity contribution in [3.05, 3.63) is 0 Å². The maximum absolute atomic E-state index is 11.4. The predicted molar refractivity (Wildman–Crippen MR) is 94.8 cm³/mol. The van der Waals surface area contributed by atoms with Crippen molar-refractivity contribution >= 4 is 11.6 Å². The molecule has 0 saturated heterocycles. The van der Waals surface area contributed by atoms with Crippen LogP contribution in [0.4, 0.5) is 0 Å². The van der Waals surface area contributed by atoms with Crippen LogP contribution in [0.25, 0.3) is 0 Å². The van der Waals surface area contributed by atoms with E-state index < -0.39 is 29.4 Å². The summed E-state index contributed by atoms with van der Waals surface area (Å²) < 4.78 is 0. The van der Waals surface area contributed by atoms with Crippen LogP contribution in [0.15, 0.2) is 0 Å². The van der Waals surface area contributed by atoms with Crippen LogP contribution in [0.3, 0.4) is 0 Å². The summed E-state index contributed by atoms with van der Waals surface area (Å²) in [5.41, 5.74) is -2.09. The van der Waals surface area contributed by atoms with Crippen LogP contribution in [-0.2, 0) is 9.59 Å². The molecule has 24 heavy (non-hydrogen) atoms. The molecule has 0 aliphatic carbocycles. The third kappa shape index (κ3) is 8.36. The molecule has 5 heteroatoms. The average molecular weight is 344 g/mol. The molecule has 0 bridgehead atoms. The first kappa shape index (κ1) is 23.2. The Balaban J connectivity index is 4.12. The molecule has 2 atom stereocenters. The molecular weight excluding hydrogens is 308 g/mol. The maximum Gasteiger partial charge on any atom is 0.161 e. The molecular formula is C19H36O5. The van der Waals surface area contributed by atoms with E-state index in [9.17, 15) is 24.9 Å². The van der Waals surface area contributed by atoms with E-state index in [4.69, 9.17) is 0 Å². The zero-order valence-electron chi connectivity index (χ0n) is 15.6. The fourth-order valence-corrected chi connectivity index (χ4v) is 3.02. The van der Waals surface area contributed by atoms with Crippen molar-refractivity contribution in [1.29, 1.82) is 0 Å².